The molecular formula is C29H30N4O2S. The zero-order valence-corrected chi connectivity index (χ0v) is 21.2. The molecule has 1 aliphatic rings. The standard InChI is InChI=1S/C29H30N4O2S/c1-20(34)35-19-22-11-3-9-17-27(22)36-26-16-8-2-10-21(26)18-30-29-32-25-15-7-6-14-24(25)28(33-29)31-23-12-4-5-13-23/h2-3,6-11,14-17,23H,4-5,12-13,18-19H2,1H3,(H2,30,31,32,33). The van der Waals surface area contributed by atoms with Gasteiger partial charge in [-0.2, -0.15) is 4.98 Å². The maximum atomic E-state index is 11.3. The number of benzene rings is 3. The third-order valence-corrected chi connectivity index (χ3v) is 7.57. The van der Waals surface area contributed by atoms with Crippen LogP contribution in [0.2, 0.25) is 0 Å². The molecule has 3 aromatic carbocycles. The number of ether oxygens (including phenoxy) is 1. The molecule has 1 saturated carbocycles. The van der Waals surface area contributed by atoms with Crippen LogP contribution < -0.4 is 10.6 Å². The van der Waals surface area contributed by atoms with E-state index in [1.54, 1.807) is 11.8 Å². The van der Waals surface area contributed by atoms with Crippen molar-refractivity contribution in [1.29, 1.82) is 0 Å². The van der Waals surface area contributed by atoms with E-state index < -0.39 is 0 Å². The molecule has 7 heteroatoms. The lowest BCUT2D eigenvalue weighted by atomic mass is 10.2. The second-order valence-electron chi connectivity index (χ2n) is 8.99. The molecule has 0 atom stereocenters. The van der Waals surface area contributed by atoms with E-state index in [1.807, 2.05) is 48.5 Å². The number of para-hydroxylation sites is 1. The predicted molar refractivity (Wildman–Crippen MR) is 145 cm³/mol. The van der Waals surface area contributed by atoms with Crippen molar-refractivity contribution < 1.29 is 9.53 Å². The Kier molecular flexibility index (Phi) is 7.67. The zero-order chi connectivity index (χ0) is 24.7. The maximum Gasteiger partial charge on any atom is 0.302 e. The van der Waals surface area contributed by atoms with Gasteiger partial charge in [-0.05, 0) is 42.7 Å². The lowest BCUT2D eigenvalue weighted by molar-refractivity contribution is -0.142. The average Bonchev–Trinajstić information content (AvgIpc) is 3.41. The minimum atomic E-state index is -0.281. The van der Waals surface area contributed by atoms with Crippen LogP contribution in [0.4, 0.5) is 11.8 Å². The summed E-state index contributed by atoms with van der Waals surface area (Å²) < 4.78 is 5.25. The van der Waals surface area contributed by atoms with E-state index >= 15 is 0 Å². The number of nitrogens with one attached hydrogen (secondary N) is 2. The summed E-state index contributed by atoms with van der Waals surface area (Å²) in [7, 11) is 0. The van der Waals surface area contributed by atoms with Gasteiger partial charge in [0.25, 0.3) is 0 Å². The van der Waals surface area contributed by atoms with Crippen molar-refractivity contribution in [3.63, 3.8) is 0 Å². The second-order valence-corrected chi connectivity index (χ2v) is 10.1. The van der Waals surface area contributed by atoms with Gasteiger partial charge in [0.2, 0.25) is 5.95 Å². The van der Waals surface area contributed by atoms with Gasteiger partial charge >= 0.3 is 5.97 Å². The highest BCUT2D eigenvalue weighted by Crippen LogP contribution is 2.34. The summed E-state index contributed by atoms with van der Waals surface area (Å²) in [6.07, 6.45) is 4.91. The zero-order valence-electron chi connectivity index (χ0n) is 20.4. The Labute approximate surface area is 215 Å². The normalized spacial score (nSPS) is 13.6. The van der Waals surface area contributed by atoms with Gasteiger partial charge in [-0.15, -0.1) is 0 Å². The Morgan fingerprint density at radius 2 is 1.58 bits per heavy atom. The highest BCUT2D eigenvalue weighted by Gasteiger charge is 2.17. The van der Waals surface area contributed by atoms with E-state index in [9.17, 15) is 4.79 Å². The second kappa shape index (κ2) is 11.4. The molecule has 0 spiro atoms. The minimum Gasteiger partial charge on any atom is -0.461 e. The number of hydrogen-bond donors (Lipinski definition) is 2. The Morgan fingerprint density at radius 3 is 2.36 bits per heavy atom. The summed E-state index contributed by atoms with van der Waals surface area (Å²) >= 11 is 1.67. The molecule has 0 amide bonds. The number of carbonyl (C=O) groups excluding carboxylic acids is 1. The molecule has 5 rings (SSSR count). The number of anilines is 2. The van der Waals surface area contributed by atoms with E-state index in [4.69, 9.17) is 14.7 Å². The molecule has 1 aromatic heterocycles. The fourth-order valence-electron chi connectivity index (χ4n) is 4.47. The van der Waals surface area contributed by atoms with Crippen LogP contribution >= 0.6 is 11.8 Å². The number of carbonyl (C=O) groups is 1. The molecule has 1 fully saturated rings. The van der Waals surface area contributed by atoms with Crippen LogP contribution in [0.3, 0.4) is 0 Å². The molecule has 6 nitrogen and oxygen atoms in total. The first-order valence-corrected chi connectivity index (χ1v) is 13.2. The minimum absolute atomic E-state index is 0.265. The van der Waals surface area contributed by atoms with Crippen molar-refractivity contribution in [1.82, 2.24) is 9.97 Å². The van der Waals surface area contributed by atoms with Crippen molar-refractivity contribution in [2.75, 3.05) is 10.6 Å². The summed E-state index contributed by atoms with van der Waals surface area (Å²) in [4.78, 5) is 23.1. The summed E-state index contributed by atoms with van der Waals surface area (Å²) in [6.45, 7) is 2.29. The lowest BCUT2D eigenvalue weighted by Crippen LogP contribution is -2.17. The Hall–Kier alpha value is -3.58. The number of aromatic nitrogens is 2. The third kappa shape index (κ3) is 5.97. The molecule has 4 aromatic rings. The van der Waals surface area contributed by atoms with Crippen LogP contribution in [0.15, 0.2) is 82.6 Å². The summed E-state index contributed by atoms with van der Waals surface area (Å²) in [5.41, 5.74) is 3.06. The van der Waals surface area contributed by atoms with Gasteiger partial charge in [0.15, 0.2) is 0 Å². The molecule has 0 saturated heterocycles. The fourth-order valence-corrected chi connectivity index (χ4v) is 5.53. The first-order chi connectivity index (χ1) is 17.7. The van der Waals surface area contributed by atoms with E-state index in [-0.39, 0.29) is 12.6 Å². The van der Waals surface area contributed by atoms with E-state index in [0.29, 0.717) is 18.5 Å². The molecule has 2 N–H and O–H groups in total. The molecule has 0 aliphatic heterocycles. The predicted octanol–water partition coefficient (Wildman–Crippen LogP) is 6.81. The van der Waals surface area contributed by atoms with Crippen molar-refractivity contribution in [2.45, 2.75) is 61.6 Å². The van der Waals surface area contributed by atoms with Gasteiger partial charge in [-0.3, -0.25) is 4.79 Å². The fraction of sp³-hybridized carbons (Fsp3) is 0.276. The van der Waals surface area contributed by atoms with E-state index in [1.165, 1.54) is 32.6 Å². The Bertz CT molecular complexity index is 1350. The molecule has 184 valence electrons. The number of esters is 1. The summed E-state index contributed by atoms with van der Waals surface area (Å²) in [5, 5.41) is 8.17. The molecule has 1 heterocycles. The van der Waals surface area contributed by atoms with Gasteiger partial charge in [-0.1, -0.05) is 73.1 Å². The van der Waals surface area contributed by atoms with E-state index in [2.05, 4.69) is 34.9 Å². The third-order valence-electron chi connectivity index (χ3n) is 6.33. The molecule has 0 unspecified atom stereocenters. The van der Waals surface area contributed by atoms with Crippen LogP contribution in [-0.2, 0) is 22.7 Å². The van der Waals surface area contributed by atoms with Gasteiger partial charge in [0.1, 0.15) is 12.4 Å². The quantitative estimate of drug-likeness (QED) is 0.245. The van der Waals surface area contributed by atoms with Gasteiger partial charge < -0.3 is 15.4 Å². The molecule has 0 radical (unpaired) electrons. The summed E-state index contributed by atoms with van der Waals surface area (Å²) in [6, 6.07) is 24.9. The van der Waals surface area contributed by atoms with Crippen LogP contribution in [-0.4, -0.2) is 22.0 Å². The first kappa shape index (κ1) is 24.1. The van der Waals surface area contributed by atoms with Crippen molar-refractivity contribution >= 4 is 40.4 Å². The van der Waals surface area contributed by atoms with E-state index in [0.717, 1.165) is 37.6 Å². The smallest absolute Gasteiger partial charge is 0.302 e. The van der Waals surface area contributed by atoms with Crippen molar-refractivity contribution in [3.05, 3.63) is 83.9 Å². The van der Waals surface area contributed by atoms with Crippen molar-refractivity contribution in [2.24, 2.45) is 0 Å². The number of rotatable bonds is 9. The lowest BCUT2D eigenvalue weighted by Gasteiger charge is -2.16. The highest BCUT2D eigenvalue weighted by atomic mass is 32.2. The van der Waals surface area contributed by atoms with Gasteiger partial charge in [0, 0.05) is 40.3 Å². The molecular weight excluding hydrogens is 468 g/mol. The van der Waals surface area contributed by atoms with Crippen LogP contribution in [0.1, 0.15) is 43.7 Å². The van der Waals surface area contributed by atoms with Gasteiger partial charge in [0.05, 0.1) is 5.52 Å². The topological polar surface area (TPSA) is 76.1 Å². The molecule has 0 bridgehead atoms. The average molecular weight is 499 g/mol. The Balaban J connectivity index is 1.35. The first-order valence-electron chi connectivity index (χ1n) is 12.4. The SMILES string of the molecule is CC(=O)OCc1ccccc1Sc1ccccc1CNc1nc(NC2CCCC2)c2ccccc2n1. The molecule has 1 aliphatic carbocycles. The van der Waals surface area contributed by atoms with Gasteiger partial charge in [-0.25, -0.2) is 4.98 Å². The highest BCUT2D eigenvalue weighted by molar-refractivity contribution is 7.99. The van der Waals surface area contributed by atoms with Crippen LogP contribution in [0.5, 0.6) is 0 Å². The van der Waals surface area contributed by atoms with Crippen LogP contribution in [0, 0.1) is 0 Å². The van der Waals surface area contributed by atoms with Crippen LogP contribution in [0.25, 0.3) is 10.9 Å². The maximum absolute atomic E-state index is 11.3. The number of hydrogen-bond acceptors (Lipinski definition) is 7. The monoisotopic (exact) mass is 498 g/mol. The largest absolute Gasteiger partial charge is 0.461 e. The van der Waals surface area contributed by atoms with Crippen molar-refractivity contribution in [3.8, 4) is 0 Å². The number of nitrogens with zero attached hydrogens (tertiary/aromatic N) is 2. The molecule has 36 heavy (non-hydrogen) atoms. The summed E-state index contributed by atoms with van der Waals surface area (Å²) in [5.74, 6) is 1.23. The Morgan fingerprint density at radius 1 is 0.917 bits per heavy atom. The number of fused-ring (bicyclic) bond motifs is 1.